The summed E-state index contributed by atoms with van der Waals surface area (Å²) < 4.78 is 40.9. The van der Waals surface area contributed by atoms with Gasteiger partial charge in [0.2, 0.25) is 0 Å². The van der Waals surface area contributed by atoms with Crippen molar-refractivity contribution < 1.29 is 12.8 Å². The second-order valence-electron chi connectivity index (χ2n) is 7.45. The molecule has 150 valence electrons. The van der Waals surface area contributed by atoms with Crippen LogP contribution in [0.4, 0.5) is 4.39 Å². The zero-order chi connectivity index (χ0) is 20.2. The van der Waals surface area contributed by atoms with Crippen LogP contribution in [0.2, 0.25) is 5.02 Å². The van der Waals surface area contributed by atoms with Crippen LogP contribution in [0.1, 0.15) is 31.0 Å². The van der Waals surface area contributed by atoms with E-state index in [1.807, 2.05) is 16.7 Å². The molecule has 1 fully saturated rings. The van der Waals surface area contributed by atoms with Crippen LogP contribution < -0.4 is 0 Å². The molecule has 0 unspecified atom stereocenters. The van der Waals surface area contributed by atoms with Gasteiger partial charge in [0.25, 0.3) is 0 Å². The maximum Gasteiger partial charge on any atom is 0.179 e. The average Bonchev–Trinajstić information content (AvgIpc) is 3.40. The molecule has 1 N–H and O–H groups in total. The van der Waals surface area contributed by atoms with Gasteiger partial charge in [0.1, 0.15) is 11.6 Å². The largest absolute Gasteiger partial charge is 0.345 e. The molecule has 0 aliphatic heterocycles. The van der Waals surface area contributed by atoms with E-state index in [0.29, 0.717) is 12.1 Å². The van der Waals surface area contributed by atoms with Crippen LogP contribution in [0.3, 0.4) is 0 Å². The van der Waals surface area contributed by atoms with E-state index in [0.717, 1.165) is 35.9 Å². The second kappa shape index (κ2) is 6.77. The van der Waals surface area contributed by atoms with Crippen LogP contribution in [0.25, 0.3) is 16.8 Å². The van der Waals surface area contributed by atoms with Gasteiger partial charge in [-0.15, -0.1) is 10.2 Å². The maximum atomic E-state index is 13.4. The standard InChI is InChI=1S/C19H17ClFN5O2S/c20-14-8-13(3-4-15(14)21)29(27,28)10-11-1-2-12(7-11)19-25-24-17-9-23-18-16(26(17)19)5-6-22-18/h3-6,8-9,11-12,22H,1-2,7,10H2/t11-,12+/m0/s1. The minimum atomic E-state index is -3.55. The van der Waals surface area contributed by atoms with Crippen LogP contribution in [0.5, 0.6) is 0 Å². The Hall–Kier alpha value is -2.52. The average molecular weight is 434 g/mol. The molecule has 29 heavy (non-hydrogen) atoms. The fourth-order valence-corrected chi connectivity index (χ4v) is 6.13. The number of sulfone groups is 1. The van der Waals surface area contributed by atoms with Crippen molar-refractivity contribution >= 4 is 38.2 Å². The van der Waals surface area contributed by atoms with Crippen LogP contribution in [-0.4, -0.2) is 38.7 Å². The molecule has 7 nitrogen and oxygen atoms in total. The Morgan fingerprint density at radius 1 is 1.24 bits per heavy atom. The van der Waals surface area contributed by atoms with Crippen molar-refractivity contribution in [2.24, 2.45) is 5.92 Å². The lowest BCUT2D eigenvalue weighted by Crippen LogP contribution is -2.15. The Morgan fingerprint density at radius 2 is 2.10 bits per heavy atom. The first-order valence-corrected chi connectivity index (χ1v) is 11.3. The number of nitrogens with zero attached hydrogens (tertiary/aromatic N) is 4. The first-order chi connectivity index (χ1) is 13.9. The third kappa shape index (κ3) is 3.18. The number of aromatic amines is 1. The normalized spacial score (nSPS) is 20.1. The Balaban J connectivity index is 1.40. The molecule has 1 aromatic carbocycles. The number of fused-ring (bicyclic) bond motifs is 3. The Morgan fingerprint density at radius 3 is 2.93 bits per heavy atom. The van der Waals surface area contributed by atoms with Crippen LogP contribution in [-0.2, 0) is 9.84 Å². The molecular weight excluding hydrogens is 417 g/mol. The van der Waals surface area contributed by atoms with E-state index >= 15 is 0 Å². The fraction of sp³-hybridized carbons (Fsp3) is 0.316. The van der Waals surface area contributed by atoms with Gasteiger partial charge >= 0.3 is 0 Å². The molecule has 3 heterocycles. The summed E-state index contributed by atoms with van der Waals surface area (Å²) in [6.45, 7) is 0. The monoisotopic (exact) mass is 433 g/mol. The van der Waals surface area contributed by atoms with Crippen LogP contribution >= 0.6 is 11.6 Å². The molecule has 1 aliphatic carbocycles. The molecule has 0 amide bonds. The first kappa shape index (κ1) is 18.5. The Kier molecular flexibility index (Phi) is 4.32. The number of rotatable bonds is 4. The molecule has 1 aliphatic rings. The van der Waals surface area contributed by atoms with Gasteiger partial charge < -0.3 is 4.98 Å². The number of hydrogen-bond acceptors (Lipinski definition) is 5. The molecule has 3 aromatic heterocycles. The summed E-state index contributed by atoms with van der Waals surface area (Å²) in [5.41, 5.74) is 2.33. The molecule has 0 bridgehead atoms. The minimum absolute atomic E-state index is 0.00329. The van der Waals surface area contributed by atoms with E-state index in [4.69, 9.17) is 11.6 Å². The fourth-order valence-electron chi connectivity index (χ4n) is 4.20. The van der Waals surface area contributed by atoms with E-state index in [-0.39, 0.29) is 27.5 Å². The van der Waals surface area contributed by atoms with Crippen molar-refractivity contribution in [2.45, 2.75) is 30.1 Å². The lowest BCUT2D eigenvalue weighted by Gasteiger charge is -2.12. The molecular formula is C19H17ClFN5O2S. The van der Waals surface area contributed by atoms with Crippen molar-refractivity contribution in [3.63, 3.8) is 0 Å². The van der Waals surface area contributed by atoms with Gasteiger partial charge in [0, 0.05) is 12.1 Å². The quantitative estimate of drug-likeness (QED) is 0.494. The summed E-state index contributed by atoms with van der Waals surface area (Å²) in [7, 11) is -3.55. The lowest BCUT2D eigenvalue weighted by molar-refractivity contribution is 0.549. The predicted molar refractivity (Wildman–Crippen MR) is 106 cm³/mol. The second-order valence-corrected chi connectivity index (χ2v) is 9.90. The molecule has 0 radical (unpaired) electrons. The highest BCUT2D eigenvalue weighted by Gasteiger charge is 2.33. The highest BCUT2D eigenvalue weighted by molar-refractivity contribution is 7.91. The molecule has 0 saturated heterocycles. The number of hydrogen-bond donors (Lipinski definition) is 1. The van der Waals surface area contributed by atoms with Gasteiger partial charge in [-0.3, -0.25) is 4.40 Å². The van der Waals surface area contributed by atoms with Gasteiger partial charge in [-0.1, -0.05) is 11.6 Å². The SMILES string of the molecule is O=S(=O)(C[C@H]1CC[C@@H](c2nnc3cnc4[nH]ccc4n23)C1)c1ccc(F)c(Cl)c1. The first-order valence-electron chi connectivity index (χ1n) is 9.27. The zero-order valence-corrected chi connectivity index (χ0v) is 16.8. The number of aromatic nitrogens is 5. The van der Waals surface area contributed by atoms with E-state index in [2.05, 4.69) is 20.2 Å². The summed E-state index contributed by atoms with van der Waals surface area (Å²) in [5.74, 6) is 0.309. The number of nitrogens with one attached hydrogen (secondary N) is 1. The van der Waals surface area contributed by atoms with Gasteiger partial charge in [-0.25, -0.2) is 17.8 Å². The summed E-state index contributed by atoms with van der Waals surface area (Å²) in [4.78, 5) is 7.46. The van der Waals surface area contributed by atoms with E-state index < -0.39 is 15.7 Å². The topological polar surface area (TPSA) is 93.0 Å². The maximum absolute atomic E-state index is 13.4. The van der Waals surface area contributed by atoms with Crippen molar-refractivity contribution in [2.75, 3.05) is 5.75 Å². The van der Waals surface area contributed by atoms with Crippen LogP contribution in [0.15, 0.2) is 41.6 Å². The summed E-state index contributed by atoms with van der Waals surface area (Å²) in [6.07, 6.45) is 5.79. The molecule has 5 rings (SSSR count). The van der Waals surface area contributed by atoms with Gasteiger partial charge in [-0.2, -0.15) is 0 Å². The minimum Gasteiger partial charge on any atom is -0.345 e. The third-order valence-electron chi connectivity index (χ3n) is 5.58. The summed E-state index contributed by atoms with van der Waals surface area (Å²) >= 11 is 5.76. The van der Waals surface area contributed by atoms with E-state index in [9.17, 15) is 12.8 Å². The zero-order valence-electron chi connectivity index (χ0n) is 15.2. The molecule has 10 heteroatoms. The van der Waals surface area contributed by atoms with Crippen LogP contribution in [0, 0.1) is 11.7 Å². The predicted octanol–water partition coefficient (Wildman–Crippen LogP) is 3.76. The molecule has 1 saturated carbocycles. The summed E-state index contributed by atoms with van der Waals surface area (Å²) in [5, 5.41) is 8.41. The highest BCUT2D eigenvalue weighted by atomic mass is 35.5. The third-order valence-corrected chi connectivity index (χ3v) is 7.75. The molecule has 4 aromatic rings. The van der Waals surface area contributed by atoms with E-state index in [1.54, 1.807) is 6.20 Å². The van der Waals surface area contributed by atoms with Gasteiger partial charge in [0.15, 0.2) is 21.1 Å². The van der Waals surface area contributed by atoms with Crippen molar-refractivity contribution in [1.82, 2.24) is 24.6 Å². The lowest BCUT2D eigenvalue weighted by atomic mass is 10.1. The smallest absolute Gasteiger partial charge is 0.179 e. The van der Waals surface area contributed by atoms with Crippen molar-refractivity contribution in [1.29, 1.82) is 0 Å². The van der Waals surface area contributed by atoms with Crippen molar-refractivity contribution in [3.05, 3.63) is 53.3 Å². The van der Waals surface area contributed by atoms with Gasteiger partial charge in [0.05, 0.1) is 27.4 Å². The Bertz CT molecular complexity index is 1330. The van der Waals surface area contributed by atoms with E-state index in [1.165, 1.54) is 12.1 Å². The number of H-pyrrole nitrogens is 1. The summed E-state index contributed by atoms with van der Waals surface area (Å²) in [6, 6.07) is 5.47. The molecule has 2 atom stereocenters. The number of halogens is 2. The molecule has 0 spiro atoms. The Labute approximate surface area is 170 Å². The highest BCUT2D eigenvalue weighted by Crippen LogP contribution is 2.39. The van der Waals surface area contributed by atoms with Gasteiger partial charge in [-0.05, 0) is 49.4 Å². The number of benzene rings is 1. The van der Waals surface area contributed by atoms with Crippen molar-refractivity contribution in [3.8, 4) is 0 Å².